The van der Waals surface area contributed by atoms with Gasteiger partial charge in [-0.05, 0) is 25.2 Å². The summed E-state index contributed by atoms with van der Waals surface area (Å²) < 4.78 is 0. The first-order valence-electron chi connectivity index (χ1n) is 6.92. The lowest BCUT2D eigenvalue weighted by Crippen LogP contribution is -2.55. The van der Waals surface area contributed by atoms with Crippen LogP contribution in [0.25, 0.3) is 0 Å². The molecule has 6 heteroatoms. The van der Waals surface area contributed by atoms with E-state index < -0.39 is 12.0 Å². The third-order valence-electron chi connectivity index (χ3n) is 3.88. The predicted octanol–water partition coefficient (Wildman–Crippen LogP) is 1.04. The maximum absolute atomic E-state index is 12.1. The number of carbonyl (C=O) groups excluding carboxylic acids is 1. The topological polar surface area (TPSA) is 89.9 Å². The van der Waals surface area contributed by atoms with Crippen LogP contribution in [-0.2, 0) is 4.79 Å². The van der Waals surface area contributed by atoms with Gasteiger partial charge >= 0.3 is 12.0 Å². The van der Waals surface area contributed by atoms with Crippen molar-refractivity contribution in [3.8, 4) is 0 Å². The van der Waals surface area contributed by atoms with Gasteiger partial charge in [-0.3, -0.25) is 0 Å². The van der Waals surface area contributed by atoms with Crippen LogP contribution in [0.4, 0.5) is 4.79 Å². The van der Waals surface area contributed by atoms with Crippen LogP contribution in [0.5, 0.6) is 0 Å². The van der Waals surface area contributed by atoms with Crippen LogP contribution in [0.1, 0.15) is 39.5 Å². The first-order valence-corrected chi connectivity index (χ1v) is 6.92. The summed E-state index contributed by atoms with van der Waals surface area (Å²) in [6, 6.07) is -1.12. The summed E-state index contributed by atoms with van der Waals surface area (Å²) >= 11 is 0. The van der Waals surface area contributed by atoms with Gasteiger partial charge < -0.3 is 20.4 Å². The molecule has 0 bridgehead atoms. The van der Waals surface area contributed by atoms with Crippen molar-refractivity contribution >= 4 is 12.0 Å². The second-order valence-electron chi connectivity index (χ2n) is 5.15. The second-order valence-corrected chi connectivity index (χ2v) is 5.15. The Morgan fingerprint density at radius 1 is 1.42 bits per heavy atom. The van der Waals surface area contributed by atoms with Gasteiger partial charge in [0.1, 0.15) is 6.04 Å². The molecular formula is C13H24N2O4. The Labute approximate surface area is 113 Å². The van der Waals surface area contributed by atoms with Crippen LogP contribution in [-0.4, -0.2) is 52.3 Å². The first-order chi connectivity index (χ1) is 9.01. The fourth-order valence-corrected chi connectivity index (χ4v) is 2.16. The number of carboxylic acid groups (broad SMARTS) is 1. The number of aliphatic carboxylic acids is 1. The van der Waals surface area contributed by atoms with Crippen LogP contribution >= 0.6 is 0 Å². The molecule has 0 aliphatic heterocycles. The number of amides is 2. The zero-order valence-corrected chi connectivity index (χ0v) is 11.6. The third kappa shape index (κ3) is 4.09. The summed E-state index contributed by atoms with van der Waals surface area (Å²) in [5.41, 5.74) is 0. The minimum atomic E-state index is -1.01. The molecule has 1 rings (SSSR count). The number of aliphatic hydroxyl groups is 1. The molecule has 0 radical (unpaired) electrons. The number of nitrogens with zero attached hydrogens (tertiary/aromatic N) is 1. The Bertz CT molecular complexity index is 318. The number of rotatable bonds is 7. The van der Waals surface area contributed by atoms with Gasteiger partial charge in [-0.15, -0.1) is 0 Å². The molecule has 0 aromatic carbocycles. The van der Waals surface area contributed by atoms with Crippen molar-refractivity contribution in [1.82, 2.24) is 10.2 Å². The van der Waals surface area contributed by atoms with Gasteiger partial charge in [-0.25, -0.2) is 9.59 Å². The largest absolute Gasteiger partial charge is 0.480 e. The monoisotopic (exact) mass is 272 g/mol. The van der Waals surface area contributed by atoms with E-state index in [-0.39, 0.29) is 31.1 Å². The minimum absolute atomic E-state index is 0.106. The number of hydrogen-bond acceptors (Lipinski definition) is 3. The lowest BCUT2D eigenvalue weighted by Gasteiger charge is -2.38. The molecule has 110 valence electrons. The van der Waals surface area contributed by atoms with Crippen LogP contribution in [0.2, 0.25) is 0 Å². The molecule has 2 unspecified atom stereocenters. The number of carbonyl (C=O) groups is 2. The van der Waals surface area contributed by atoms with Crippen molar-refractivity contribution in [2.24, 2.45) is 5.92 Å². The van der Waals surface area contributed by atoms with Gasteiger partial charge in [0.2, 0.25) is 0 Å². The fourth-order valence-electron chi connectivity index (χ4n) is 2.16. The zero-order chi connectivity index (χ0) is 14.4. The third-order valence-corrected chi connectivity index (χ3v) is 3.88. The molecule has 0 aromatic rings. The molecule has 0 saturated heterocycles. The Kier molecular flexibility index (Phi) is 6.08. The number of aliphatic hydroxyl groups excluding tert-OH is 1. The van der Waals surface area contributed by atoms with Gasteiger partial charge in [0.15, 0.2) is 0 Å². The zero-order valence-electron chi connectivity index (χ0n) is 11.6. The smallest absolute Gasteiger partial charge is 0.326 e. The number of nitrogens with one attached hydrogen (secondary N) is 1. The lowest BCUT2D eigenvalue weighted by atomic mass is 9.91. The van der Waals surface area contributed by atoms with E-state index in [1.165, 1.54) is 0 Å². The van der Waals surface area contributed by atoms with Gasteiger partial charge in [-0.1, -0.05) is 20.3 Å². The van der Waals surface area contributed by atoms with Crippen LogP contribution in [0.3, 0.4) is 0 Å². The first kappa shape index (κ1) is 15.8. The summed E-state index contributed by atoms with van der Waals surface area (Å²) in [7, 11) is 0. The predicted molar refractivity (Wildman–Crippen MR) is 70.8 cm³/mol. The highest BCUT2D eigenvalue weighted by atomic mass is 16.4. The van der Waals surface area contributed by atoms with E-state index in [1.807, 2.05) is 6.92 Å². The average Bonchev–Trinajstić information content (AvgIpc) is 2.31. The lowest BCUT2D eigenvalue weighted by molar-refractivity contribution is -0.140. The highest BCUT2D eigenvalue weighted by Gasteiger charge is 2.32. The molecule has 1 saturated carbocycles. The number of hydrogen-bond donors (Lipinski definition) is 3. The summed E-state index contributed by atoms with van der Waals surface area (Å²) in [4.78, 5) is 24.9. The van der Waals surface area contributed by atoms with E-state index in [0.29, 0.717) is 6.42 Å². The van der Waals surface area contributed by atoms with Gasteiger partial charge in [0.05, 0.1) is 6.61 Å². The molecule has 2 atom stereocenters. The standard InChI is InChI=1S/C13H24N2O4/c1-3-9(2)11(12(17)18)14-13(19)15(7-8-16)10-5-4-6-10/h9-11,16H,3-8H2,1-2H3,(H,14,19)(H,17,18). The molecule has 3 N–H and O–H groups in total. The SMILES string of the molecule is CCC(C)C(NC(=O)N(CCO)C1CCC1)C(=O)O. The molecule has 2 amide bonds. The number of carboxylic acids is 1. The Hall–Kier alpha value is -1.30. The van der Waals surface area contributed by atoms with E-state index >= 15 is 0 Å². The summed E-state index contributed by atoms with van der Waals surface area (Å²) in [5.74, 6) is -1.14. The van der Waals surface area contributed by atoms with Crippen LogP contribution in [0.15, 0.2) is 0 Å². The highest BCUT2D eigenvalue weighted by molar-refractivity contribution is 5.83. The van der Waals surface area contributed by atoms with Crippen LogP contribution < -0.4 is 5.32 Å². The van der Waals surface area contributed by atoms with Gasteiger partial charge in [-0.2, -0.15) is 0 Å². The molecule has 0 spiro atoms. The summed E-state index contributed by atoms with van der Waals surface area (Å²) in [6.45, 7) is 3.84. The summed E-state index contributed by atoms with van der Waals surface area (Å²) in [6.07, 6.45) is 3.61. The summed E-state index contributed by atoms with van der Waals surface area (Å²) in [5, 5.41) is 20.8. The van der Waals surface area contributed by atoms with E-state index in [1.54, 1.807) is 11.8 Å². The van der Waals surface area contributed by atoms with E-state index in [0.717, 1.165) is 19.3 Å². The van der Waals surface area contributed by atoms with E-state index in [9.17, 15) is 9.59 Å². The highest BCUT2D eigenvalue weighted by Crippen LogP contribution is 2.24. The van der Waals surface area contributed by atoms with Gasteiger partial charge in [0, 0.05) is 12.6 Å². The average molecular weight is 272 g/mol. The molecule has 1 aliphatic rings. The van der Waals surface area contributed by atoms with Crippen molar-refractivity contribution in [2.75, 3.05) is 13.2 Å². The second kappa shape index (κ2) is 7.33. The fraction of sp³-hybridized carbons (Fsp3) is 0.846. The normalized spacial score (nSPS) is 18.3. The van der Waals surface area contributed by atoms with Crippen molar-refractivity contribution < 1.29 is 19.8 Å². The minimum Gasteiger partial charge on any atom is -0.480 e. The van der Waals surface area contributed by atoms with E-state index in [4.69, 9.17) is 10.2 Å². The Morgan fingerprint density at radius 2 is 2.05 bits per heavy atom. The molecule has 19 heavy (non-hydrogen) atoms. The van der Waals surface area contributed by atoms with Crippen molar-refractivity contribution in [2.45, 2.75) is 51.6 Å². The number of urea groups is 1. The molecule has 0 aromatic heterocycles. The molecule has 1 fully saturated rings. The van der Waals surface area contributed by atoms with Gasteiger partial charge in [0.25, 0.3) is 0 Å². The molecule has 0 heterocycles. The van der Waals surface area contributed by atoms with Crippen molar-refractivity contribution in [1.29, 1.82) is 0 Å². The molecule has 6 nitrogen and oxygen atoms in total. The Morgan fingerprint density at radius 3 is 2.42 bits per heavy atom. The molecular weight excluding hydrogens is 248 g/mol. The molecule has 1 aliphatic carbocycles. The maximum Gasteiger partial charge on any atom is 0.326 e. The quantitative estimate of drug-likeness (QED) is 0.646. The Balaban J connectivity index is 2.64. The van der Waals surface area contributed by atoms with E-state index in [2.05, 4.69) is 5.32 Å². The maximum atomic E-state index is 12.1. The van der Waals surface area contributed by atoms with Crippen LogP contribution in [0, 0.1) is 5.92 Å². The van der Waals surface area contributed by atoms with Crippen molar-refractivity contribution in [3.05, 3.63) is 0 Å². The van der Waals surface area contributed by atoms with Crippen molar-refractivity contribution in [3.63, 3.8) is 0 Å².